The maximum Gasteiger partial charge on any atom is 0.257 e. The van der Waals surface area contributed by atoms with Gasteiger partial charge >= 0.3 is 0 Å². The third kappa shape index (κ3) is 4.91. The number of aliphatic hydroxyl groups is 1. The summed E-state index contributed by atoms with van der Waals surface area (Å²) in [6.45, 7) is 3.53. The van der Waals surface area contributed by atoms with Crippen LogP contribution in [0.1, 0.15) is 21.5 Å². The lowest BCUT2D eigenvalue weighted by Gasteiger charge is -2.17. The summed E-state index contributed by atoms with van der Waals surface area (Å²) in [7, 11) is -4.02. The fourth-order valence-electron chi connectivity index (χ4n) is 2.90. The third-order valence-electron chi connectivity index (χ3n) is 4.59. The standard InChI is InChI=1S/C19H20Cl2N2O5S/c1-10-3-4-12(6-14(10)20)22-19(25)13-7-18(11(2)5-15(13)21)29(26,27)23-16-8-28-9-17(16)24/h3-7,16-17,23-24H,8-9H2,1-2H3,(H,22,25). The first-order valence-corrected chi connectivity index (χ1v) is 11.0. The average Bonchev–Trinajstić information content (AvgIpc) is 3.02. The minimum absolute atomic E-state index is 0.00226. The summed E-state index contributed by atoms with van der Waals surface area (Å²) in [6, 6.07) is 6.90. The molecule has 1 heterocycles. The van der Waals surface area contributed by atoms with Crippen LogP contribution < -0.4 is 10.0 Å². The van der Waals surface area contributed by atoms with Crippen LogP contribution in [0, 0.1) is 13.8 Å². The number of anilines is 1. The number of aliphatic hydroxyl groups excluding tert-OH is 1. The molecule has 0 radical (unpaired) electrons. The minimum Gasteiger partial charge on any atom is -0.389 e. The second kappa shape index (κ2) is 8.59. The van der Waals surface area contributed by atoms with E-state index in [-0.39, 0.29) is 28.7 Å². The lowest BCUT2D eigenvalue weighted by atomic mass is 10.1. The molecule has 10 heteroatoms. The number of hydrogen-bond acceptors (Lipinski definition) is 5. The van der Waals surface area contributed by atoms with Crippen molar-refractivity contribution in [3.63, 3.8) is 0 Å². The van der Waals surface area contributed by atoms with Gasteiger partial charge in [-0.1, -0.05) is 29.3 Å². The number of nitrogens with one attached hydrogen (secondary N) is 2. The molecule has 3 rings (SSSR count). The first-order chi connectivity index (χ1) is 13.6. The zero-order valence-electron chi connectivity index (χ0n) is 15.7. The molecule has 0 bridgehead atoms. The number of aryl methyl sites for hydroxylation is 2. The quantitative estimate of drug-likeness (QED) is 0.638. The van der Waals surface area contributed by atoms with Gasteiger partial charge in [0.05, 0.1) is 40.8 Å². The monoisotopic (exact) mass is 458 g/mol. The van der Waals surface area contributed by atoms with Crippen molar-refractivity contribution in [2.24, 2.45) is 0 Å². The Morgan fingerprint density at radius 3 is 2.45 bits per heavy atom. The highest BCUT2D eigenvalue weighted by Gasteiger charge is 2.32. The highest BCUT2D eigenvalue weighted by molar-refractivity contribution is 7.89. The van der Waals surface area contributed by atoms with E-state index in [1.165, 1.54) is 12.1 Å². The van der Waals surface area contributed by atoms with Gasteiger partial charge in [0.15, 0.2) is 0 Å². The van der Waals surface area contributed by atoms with Gasteiger partial charge < -0.3 is 15.2 Å². The predicted molar refractivity (Wildman–Crippen MR) is 111 cm³/mol. The SMILES string of the molecule is Cc1ccc(NC(=O)c2cc(S(=O)(=O)NC3COCC3O)c(C)cc2Cl)cc1Cl. The summed E-state index contributed by atoms with van der Waals surface area (Å²) in [5.74, 6) is -0.574. The number of rotatable bonds is 5. The van der Waals surface area contributed by atoms with Crippen molar-refractivity contribution < 1.29 is 23.1 Å². The lowest BCUT2D eigenvalue weighted by Crippen LogP contribution is -2.42. The molecule has 1 aliphatic rings. The molecule has 3 N–H and O–H groups in total. The first-order valence-electron chi connectivity index (χ1n) is 8.74. The maximum absolute atomic E-state index is 12.8. The van der Waals surface area contributed by atoms with Crippen LogP contribution in [-0.4, -0.2) is 44.8 Å². The largest absolute Gasteiger partial charge is 0.389 e. The number of ether oxygens (including phenoxy) is 1. The van der Waals surface area contributed by atoms with Crippen molar-refractivity contribution in [3.05, 3.63) is 57.1 Å². The van der Waals surface area contributed by atoms with Gasteiger partial charge in [-0.15, -0.1) is 0 Å². The Kier molecular flexibility index (Phi) is 6.52. The molecule has 2 aromatic rings. The fraction of sp³-hybridized carbons (Fsp3) is 0.316. The molecule has 7 nitrogen and oxygen atoms in total. The Labute approximate surface area is 179 Å². The number of carbonyl (C=O) groups is 1. The van der Waals surface area contributed by atoms with Gasteiger partial charge in [0.25, 0.3) is 5.91 Å². The Morgan fingerprint density at radius 2 is 1.83 bits per heavy atom. The molecule has 1 amide bonds. The van der Waals surface area contributed by atoms with Gasteiger partial charge in [0.1, 0.15) is 0 Å². The van der Waals surface area contributed by atoms with Crippen LogP contribution in [0.4, 0.5) is 5.69 Å². The highest BCUT2D eigenvalue weighted by atomic mass is 35.5. The van der Waals surface area contributed by atoms with E-state index in [1.807, 2.05) is 6.92 Å². The van der Waals surface area contributed by atoms with Crippen molar-refractivity contribution in [1.29, 1.82) is 0 Å². The molecule has 1 saturated heterocycles. The molecule has 1 aliphatic heterocycles. The van der Waals surface area contributed by atoms with Crippen molar-refractivity contribution in [2.75, 3.05) is 18.5 Å². The normalized spacial score (nSPS) is 19.3. The summed E-state index contributed by atoms with van der Waals surface area (Å²) < 4.78 is 33.1. The van der Waals surface area contributed by atoms with Gasteiger partial charge in [-0.2, -0.15) is 0 Å². The number of hydrogen-bond donors (Lipinski definition) is 3. The summed E-state index contributed by atoms with van der Waals surface area (Å²) >= 11 is 12.3. The van der Waals surface area contributed by atoms with Crippen molar-refractivity contribution in [2.45, 2.75) is 30.9 Å². The predicted octanol–water partition coefficient (Wildman–Crippen LogP) is 2.90. The average molecular weight is 459 g/mol. The van der Waals surface area contributed by atoms with E-state index >= 15 is 0 Å². The zero-order valence-corrected chi connectivity index (χ0v) is 18.0. The second-order valence-corrected chi connectivity index (χ2v) is 9.35. The van der Waals surface area contributed by atoms with Gasteiger partial charge in [0, 0.05) is 10.7 Å². The molecule has 29 heavy (non-hydrogen) atoms. The summed E-state index contributed by atoms with van der Waals surface area (Å²) in [5.41, 5.74) is 1.68. The molecule has 2 atom stereocenters. The van der Waals surface area contributed by atoms with E-state index in [0.29, 0.717) is 16.3 Å². The van der Waals surface area contributed by atoms with Gasteiger partial charge in [-0.05, 0) is 49.2 Å². The van der Waals surface area contributed by atoms with Crippen LogP contribution in [-0.2, 0) is 14.8 Å². The number of benzene rings is 2. The summed E-state index contributed by atoms with van der Waals surface area (Å²) in [5, 5.41) is 13.1. The first kappa shape index (κ1) is 22.0. The lowest BCUT2D eigenvalue weighted by molar-refractivity contribution is 0.102. The van der Waals surface area contributed by atoms with Crippen LogP contribution in [0.5, 0.6) is 0 Å². The van der Waals surface area contributed by atoms with E-state index in [0.717, 1.165) is 5.56 Å². The number of halogens is 2. The van der Waals surface area contributed by atoms with E-state index in [9.17, 15) is 18.3 Å². The number of carbonyl (C=O) groups excluding carboxylic acids is 1. The zero-order chi connectivity index (χ0) is 21.3. The van der Waals surface area contributed by atoms with Crippen LogP contribution in [0.15, 0.2) is 35.2 Å². The van der Waals surface area contributed by atoms with E-state index in [4.69, 9.17) is 27.9 Å². The number of sulfonamides is 1. The maximum atomic E-state index is 12.8. The van der Waals surface area contributed by atoms with Crippen molar-refractivity contribution in [1.82, 2.24) is 4.72 Å². The van der Waals surface area contributed by atoms with Crippen molar-refractivity contribution >= 4 is 44.8 Å². The van der Waals surface area contributed by atoms with Gasteiger partial charge in [-0.25, -0.2) is 13.1 Å². The van der Waals surface area contributed by atoms with Crippen molar-refractivity contribution in [3.8, 4) is 0 Å². The Morgan fingerprint density at radius 1 is 1.10 bits per heavy atom. The molecule has 1 fully saturated rings. The molecular formula is C19H20Cl2N2O5S. The molecule has 0 saturated carbocycles. The molecular weight excluding hydrogens is 439 g/mol. The summed E-state index contributed by atoms with van der Waals surface area (Å²) in [6.07, 6.45) is -0.938. The second-order valence-electron chi connectivity index (χ2n) is 6.85. The fourth-order valence-corrected chi connectivity index (χ4v) is 4.89. The van der Waals surface area contributed by atoms with E-state index in [2.05, 4.69) is 10.0 Å². The third-order valence-corrected chi connectivity index (χ3v) is 6.94. The summed E-state index contributed by atoms with van der Waals surface area (Å²) in [4.78, 5) is 12.6. The Bertz CT molecular complexity index is 1060. The molecule has 2 unspecified atom stereocenters. The molecule has 0 aromatic heterocycles. The number of amides is 1. The van der Waals surface area contributed by atoms with E-state index < -0.39 is 28.1 Å². The molecule has 0 aliphatic carbocycles. The van der Waals surface area contributed by atoms with Crippen LogP contribution >= 0.6 is 23.2 Å². The van der Waals surface area contributed by atoms with Crippen LogP contribution in [0.25, 0.3) is 0 Å². The molecule has 2 aromatic carbocycles. The van der Waals surface area contributed by atoms with Gasteiger partial charge in [0.2, 0.25) is 10.0 Å². The smallest absolute Gasteiger partial charge is 0.257 e. The van der Waals surface area contributed by atoms with E-state index in [1.54, 1.807) is 25.1 Å². The topological polar surface area (TPSA) is 105 Å². The van der Waals surface area contributed by atoms with Crippen LogP contribution in [0.3, 0.4) is 0 Å². The van der Waals surface area contributed by atoms with Gasteiger partial charge in [-0.3, -0.25) is 4.79 Å². The molecule has 0 spiro atoms. The highest BCUT2D eigenvalue weighted by Crippen LogP contribution is 2.27. The Hall–Kier alpha value is -1.68. The minimum atomic E-state index is -4.02. The van der Waals surface area contributed by atoms with Crippen LogP contribution in [0.2, 0.25) is 10.0 Å². The Balaban J connectivity index is 1.90. The molecule has 156 valence electrons.